The lowest BCUT2D eigenvalue weighted by Crippen LogP contribution is -2.22. The fourth-order valence-corrected chi connectivity index (χ4v) is 3.39. The zero-order valence-corrected chi connectivity index (χ0v) is 14.6. The molecule has 0 atom stereocenters. The maximum absolute atomic E-state index is 14.4. The van der Waals surface area contributed by atoms with Crippen molar-refractivity contribution in [3.8, 4) is 5.75 Å². The summed E-state index contributed by atoms with van der Waals surface area (Å²) in [6, 6.07) is 10.1. The number of rotatable bonds is 4. The molecule has 1 aliphatic carbocycles. The predicted molar refractivity (Wildman–Crippen MR) is 92.5 cm³/mol. The highest BCUT2D eigenvalue weighted by atomic mass is 19.3. The highest BCUT2D eigenvalue weighted by Crippen LogP contribution is 2.37. The molecule has 0 aliphatic heterocycles. The topological polar surface area (TPSA) is 9.23 Å². The van der Waals surface area contributed by atoms with Crippen molar-refractivity contribution in [3.63, 3.8) is 0 Å². The first kappa shape index (κ1) is 17.8. The third-order valence-corrected chi connectivity index (χ3v) is 5.12. The van der Waals surface area contributed by atoms with E-state index in [4.69, 9.17) is 4.74 Å². The lowest BCUT2D eigenvalue weighted by molar-refractivity contribution is -0.185. The number of hydrogen-bond donors (Lipinski definition) is 0. The van der Waals surface area contributed by atoms with Crippen LogP contribution in [0.15, 0.2) is 42.5 Å². The molecule has 25 heavy (non-hydrogen) atoms. The fraction of sp³-hybridized carbons (Fsp3) is 0.429. The molecule has 0 spiro atoms. The van der Waals surface area contributed by atoms with Crippen LogP contribution >= 0.6 is 0 Å². The van der Waals surface area contributed by atoms with Gasteiger partial charge in [0, 0.05) is 6.07 Å². The zero-order valence-electron chi connectivity index (χ0n) is 14.6. The van der Waals surface area contributed by atoms with Gasteiger partial charge >= 0.3 is 6.11 Å². The first-order valence-corrected chi connectivity index (χ1v) is 8.78. The molecule has 1 fully saturated rings. The number of benzene rings is 2. The Kier molecular flexibility index (Phi) is 5.07. The van der Waals surface area contributed by atoms with E-state index in [2.05, 4.69) is 6.92 Å². The van der Waals surface area contributed by atoms with Gasteiger partial charge in [-0.3, -0.25) is 0 Å². The molecule has 3 rings (SSSR count). The third kappa shape index (κ3) is 4.17. The van der Waals surface area contributed by atoms with E-state index in [9.17, 15) is 13.2 Å². The van der Waals surface area contributed by atoms with Crippen molar-refractivity contribution in [1.29, 1.82) is 0 Å². The summed E-state index contributed by atoms with van der Waals surface area (Å²) in [7, 11) is 0. The quantitative estimate of drug-likeness (QED) is 0.608. The van der Waals surface area contributed by atoms with Crippen molar-refractivity contribution in [2.24, 2.45) is 5.92 Å². The number of hydrogen-bond acceptors (Lipinski definition) is 1. The maximum Gasteiger partial charge on any atom is 0.426 e. The second-order valence-corrected chi connectivity index (χ2v) is 7.11. The van der Waals surface area contributed by atoms with Crippen LogP contribution in [-0.2, 0) is 6.11 Å². The summed E-state index contributed by atoms with van der Waals surface area (Å²) >= 11 is 0. The monoisotopic (exact) mass is 348 g/mol. The first-order valence-electron chi connectivity index (χ1n) is 8.78. The van der Waals surface area contributed by atoms with Crippen molar-refractivity contribution in [3.05, 3.63) is 65.0 Å². The zero-order chi connectivity index (χ0) is 18.0. The minimum Gasteiger partial charge on any atom is -0.429 e. The largest absolute Gasteiger partial charge is 0.429 e. The van der Waals surface area contributed by atoms with Gasteiger partial charge in [0.2, 0.25) is 0 Å². The molecular weight excluding hydrogens is 325 g/mol. The molecule has 0 saturated heterocycles. The average Bonchev–Trinajstić information content (AvgIpc) is 2.59. The summed E-state index contributed by atoms with van der Waals surface area (Å²) in [6.45, 7) is 3.83. The maximum atomic E-state index is 14.4. The summed E-state index contributed by atoms with van der Waals surface area (Å²) in [6.07, 6.45) is 1.09. The van der Waals surface area contributed by atoms with Crippen LogP contribution in [0.4, 0.5) is 13.2 Å². The predicted octanol–water partition coefficient (Wildman–Crippen LogP) is 6.56. The van der Waals surface area contributed by atoms with Crippen molar-refractivity contribution >= 4 is 0 Å². The van der Waals surface area contributed by atoms with Gasteiger partial charge in [0.25, 0.3) is 0 Å². The molecule has 134 valence electrons. The Morgan fingerprint density at radius 2 is 1.60 bits per heavy atom. The van der Waals surface area contributed by atoms with E-state index in [0.717, 1.165) is 30.4 Å². The minimum absolute atomic E-state index is 0.182. The number of halogens is 3. The van der Waals surface area contributed by atoms with E-state index in [1.165, 1.54) is 37.1 Å². The Labute approximate surface area is 146 Å². The molecule has 0 unspecified atom stereocenters. The highest BCUT2D eigenvalue weighted by Gasteiger charge is 2.35. The molecule has 1 aliphatic rings. The SMILES string of the molecule is Cc1ccc(OC(F)(F)c2ccc(C3CCC(C)CC3)cc2)cc1F. The van der Waals surface area contributed by atoms with Gasteiger partial charge < -0.3 is 4.74 Å². The second kappa shape index (κ2) is 7.11. The van der Waals surface area contributed by atoms with Gasteiger partial charge in [-0.15, -0.1) is 0 Å². The van der Waals surface area contributed by atoms with Crippen LogP contribution in [0.1, 0.15) is 55.2 Å². The first-order chi connectivity index (χ1) is 11.8. The number of aryl methyl sites for hydroxylation is 1. The summed E-state index contributed by atoms with van der Waals surface area (Å²) in [5, 5.41) is 0. The number of ether oxygens (including phenoxy) is 1. The van der Waals surface area contributed by atoms with Crippen LogP contribution in [0.2, 0.25) is 0 Å². The van der Waals surface area contributed by atoms with Gasteiger partial charge in [0.15, 0.2) is 0 Å². The molecule has 0 amide bonds. The smallest absolute Gasteiger partial charge is 0.426 e. The van der Waals surface area contributed by atoms with Crippen LogP contribution in [0.5, 0.6) is 5.75 Å². The van der Waals surface area contributed by atoms with E-state index in [0.29, 0.717) is 11.5 Å². The molecule has 2 aromatic carbocycles. The van der Waals surface area contributed by atoms with E-state index in [1.54, 1.807) is 19.1 Å². The molecular formula is C21H23F3O. The van der Waals surface area contributed by atoms with E-state index >= 15 is 0 Å². The van der Waals surface area contributed by atoms with Gasteiger partial charge in [-0.2, -0.15) is 8.78 Å². The van der Waals surface area contributed by atoms with Crippen molar-refractivity contribution in [1.82, 2.24) is 0 Å². The molecule has 2 aromatic rings. The molecule has 0 radical (unpaired) electrons. The lowest BCUT2D eigenvalue weighted by atomic mass is 9.79. The molecule has 0 heterocycles. The highest BCUT2D eigenvalue weighted by molar-refractivity contribution is 5.31. The summed E-state index contributed by atoms with van der Waals surface area (Å²) in [4.78, 5) is 0. The van der Waals surface area contributed by atoms with Gasteiger partial charge in [-0.25, -0.2) is 4.39 Å². The average molecular weight is 348 g/mol. The van der Waals surface area contributed by atoms with Crippen LogP contribution in [0.25, 0.3) is 0 Å². The molecule has 0 N–H and O–H groups in total. The Morgan fingerprint density at radius 3 is 2.20 bits per heavy atom. The standard InChI is InChI=1S/C21H23F3O/c1-14-3-6-16(7-4-14)17-8-10-18(11-9-17)21(23,24)25-19-12-5-15(2)20(22)13-19/h5,8-14,16H,3-4,6-7H2,1-2H3. The minimum atomic E-state index is -3.50. The Morgan fingerprint density at radius 1 is 0.960 bits per heavy atom. The Balaban J connectivity index is 1.72. The van der Waals surface area contributed by atoms with Gasteiger partial charge in [-0.1, -0.05) is 38.0 Å². The Bertz CT molecular complexity index is 716. The van der Waals surface area contributed by atoms with Crippen molar-refractivity contribution in [2.75, 3.05) is 0 Å². The van der Waals surface area contributed by atoms with Crippen molar-refractivity contribution < 1.29 is 17.9 Å². The van der Waals surface area contributed by atoms with E-state index in [-0.39, 0.29) is 11.3 Å². The third-order valence-electron chi connectivity index (χ3n) is 5.12. The summed E-state index contributed by atoms with van der Waals surface area (Å²) in [5.74, 6) is 0.461. The van der Waals surface area contributed by atoms with Crippen LogP contribution in [0, 0.1) is 18.7 Å². The molecule has 4 heteroatoms. The normalized spacial score (nSPS) is 21.2. The lowest BCUT2D eigenvalue weighted by Gasteiger charge is -2.27. The van der Waals surface area contributed by atoms with E-state index < -0.39 is 11.9 Å². The van der Waals surface area contributed by atoms with E-state index in [1.807, 2.05) is 0 Å². The molecule has 0 aromatic heterocycles. The van der Waals surface area contributed by atoms with Gasteiger partial charge in [0.05, 0.1) is 5.56 Å². The van der Waals surface area contributed by atoms with Crippen LogP contribution in [0.3, 0.4) is 0 Å². The number of alkyl halides is 2. The van der Waals surface area contributed by atoms with Crippen LogP contribution in [-0.4, -0.2) is 0 Å². The molecule has 1 nitrogen and oxygen atoms in total. The van der Waals surface area contributed by atoms with Crippen molar-refractivity contribution in [2.45, 2.75) is 51.6 Å². The molecule has 0 bridgehead atoms. The molecule has 1 saturated carbocycles. The second-order valence-electron chi connectivity index (χ2n) is 7.11. The fourth-order valence-electron chi connectivity index (χ4n) is 3.39. The summed E-state index contributed by atoms with van der Waals surface area (Å²) < 4.78 is 47.0. The van der Waals surface area contributed by atoms with Gasteiger partial charge in [-0.05, 0) is 60.9 Å². The van der Waals surface area contributed by atoms with Gasteiger partial charge in [0.1, 0.15) is 11.6 Å². The van der Waals surface area contributed by atoms with Crippen LogP contribution < -0.4 is 4.74 Å². The summed E-state index contributed by atoms with van der Waals surface area (Å²) in [5.41, 5.74) is 1.27. The Hall–Kier alpha value is -1.97.